The molecule has 5 nitrogen and oxygen atoms in total. The third-order valence-corrected chi connectivity index (χ3v) is 3.92. The minimum Gasteiger partial charge on any atom is -0.376 e. The first-order valence-electron chi connectivity index (χ1n) is 8.11. The lowest BCUT2D eigenvalue weighted by Crippen LogP contribution is -2.26. The average molecular weight is 412 g/mol. The molecule has 0 fully saturated rings. The number of amides is 2. The van der Waals surface area contributed by atoms with Crippen LogP contribution in [0.3, 0.4) is 0 Å². The van der Waals surface area contributed by atoms with E-state index in [1.54, 1.807) is 24.3 Å². The van der Waals surface area contributed by atoms with E-state index in [2.05, 4.69) is 22.5 Å². The molecule has 0 aromatic heterocycles. The predicted octanol–water partition coefficient (Wildman–Crippen LogP) is 4.33. The van der Waals surface area contributed by atoms with Gasteiger partial charge in [-0.05, 0) is 30.3 Å². The Morgan fingerprint density at radius 2 is 1.82 bits per heavy atom. The zero-order chi connectivity index (χ0) is 20.7. The van der Waals surface area contributed by atoms with Gasteiger partial charge >= 0.3 is 6.18 Å². The Morgan fingerprint density at radius 3 is 2.50 bits per heavy atom. The Balaban J connectivity index is 2.06. The summed E-state index contributed by atoms with van der Waals surface area (Å²) >= 11 is 5.86. The van der Waals surface area contributed by atoms with Gasteiger partial charge in [0.25, 0.3) is 5.91 Å². The summed E-state index contributed by atoms with van der Waals surface area (Å²) in [7, 11) is 0. The van der Waals surface area contributed by atoms with Crippen LogP contribution in [-0.4, -0.2) is 24.9 Å². The fourth-order valence-electron chi connectivity index (χ4n) is 2.26. The van der Waals surface area contributed by atoms with Gasteiger partial charge in [-0.25, -0.2) is 0 Å². The topological polar surface area (TPSA) is 70.2 Å². The third kappa shape index (κ3) is 5.75. The van der Waals surface area contributed by atoms with Crippen LogP contribution in [0, 0.1) is 0 Å². The van der Waals surface area contributed by atoms with E-state index in [1.807, 2.05) is 0 Å². The largest absolute Gasteiger partial charge is 0.416 e. The summed E-state index contributed by atoms with van der Waals surface area (Å²) in [6.45, 7) is 3.51. The summed E-state index contributed by atoms with van der Waals surface area (Å²) in [6, 6.07) is 9.16. The second kappa shape index (κ2) is 9.27. The van der Waals surface area contributed by atoms with Gasteiger partial charge < -0.3 is 16.0 Å². The highest BCUT2D eigenvalue weighted by molar-refractivity contribution is 6.33. The van der Waals surface area contributed by atoms with Crippen LogP contribution in [0.25, 0.3) is 0 Å². The third-order valence-electron chi connectivity index (χ3n) is 3.59. The number of halogens is 4. The summed E-state index contributed by atoms with van der Waals surface area (Å²) in [5.74, 6) is -0.980. The first-order valence-corrected chi connectivity index (χ1v) is 8.48. The van der Waals surface area contributed by atoms with Gasteiger partial charge in [-0.3, -0.25) is 9.59 Å². The molecule has 0 spiro atoms. The Morgan fingerprint density at radius 1 is 1.11 bits per heavy atom. The van der Waals surface area contributed by atoms with E-state index in [0.29, 0.717) is 11.3 Å². The lowest BCUT2D eigenvalue weighted by atomic mass is 10.1. The predicted molar refractivity (Wildman–Crippen MR) is 103 cm³/mol. The van der Waals surface area contributed by atoms with Gasteiger partial charge in [-0.1, -0.05) is 29.8 Å². The molecule has 9 heteroatoms. The minimum absolute atomic E-state index is 0.0226. The lowest BCUT2D eigenvalue weighted by Gasteiger charge is -2.14. The highest BCUT2D eigenvalue weighted by Gasteiger charge is 2.31. The van der Waals surface area contributed by atoms with Crippen molar-refractivity contribution in [2.45, 2.75) is 6.18 Å². The van der Waals surface area contributed by atoms with Crippen LogP contribution >= 0.6 is 11.6 Å². The molecule has 0 atom stereocenters. The van der Waals surface area contributed by atoms with Crippen LogP contribution in [0.5, 0.6) is 0 Å². The van der Waals surface area contributed by atoms with Gasteiger partial charge in [0.15, 0.2) is 0 Å². The molecule has 0 saturated carbocycles. The molecule has 0 aliphatic carbocycles. The van der Waals surface area contributed by atoms with Crippen molar-refractivity contribution in [2.75, 3.05) is 23.7 Å². The van der Waals surface area contributed by atoms with Crippen molar-refractivity contribution in [1.29, 1.82) is 0 Å². The molecule has 0 aliphatic rings. The van der Waals surface area contributed by atoms with Crippen LogP contribution in [0.4, 0.5) is 24.5 Å². The van der Waals surface area contributed by atoms with E-state index in [4.69, 9.17) is 11.6 Å². The highest BCUT2D eigenvalue weighted by Crippen LogP contribution is 2.33. The number of hydrogen-bond acceptors (Lipinski definition) is 3. The smallest absolute Gasteiger partial charge is 0.376 e. The van der Waals surface area contributed by atoms with Crippen molar-refractivity contribution >= 4 is 34.8 Å². The SMILES string of the molecule is C=CCNC(=O)c1ccccc1NCC(=O)Nc1cc(C(F)(F)F)ccc1Cl. The van der Waals surface area contributed by atoms with E-state index >= 15 is 0 Å². The van der Waals surface area contributed by atoms with Gasteiger partial charge in [-0.15, -0.1) is 6.58 Å². The van der Waals surface area contributed by atoms with Gasteiger partial charge in [0.05, 0.1) is 28.4 Å². The van der Waals surface area contributed by atoms with Crippen LogP contribution in [0.15, 0.2) is 55.1 Å². The molecule has 148 valence electrons. The van der Waals surface area contributed by atoms with Crippen molar-refractivity contribution in [1.82, 2.24) is 5.32 Å². The molecule has 0 heterocycles. The quantitative estimate of drug-likeness (QED) is 0.594. The number of anilines is 2. The van der Waals surface area contributed by atoms with E-state index in [1.165, 1.54) is 6.08 Å². The normalized spacial score (nSPS) is 10.9. The molecule has 0 bridgehead atoms. The first kappa shape index (κ1) is 21.3. The number of alkyl halides is 3. The van der Waals surface area contributed by atoms with Crippen molar-refractivity contribution in [3.05, 3.63) is 71.3 Å². The molecular weight excluding hydrogens is 395 g/mol. The zero-order valence-electron chi connectivity index (χ0n) is 14.6. The molecule has 0 aliphatic heterocycles. The maximum absolute atomic E-state index is 12.8. The molecule has 28 heavy (non-hydrogen) atoms. The van der Waals surface area contributed by atoms with E-state index in [0.717, 1.165) is 18.2 Å². The Labute approximate surface area is 164 Å². The number of carbonyl (C=O) groups is 2. The van der Waals surface area contributed by atoms with Crippen LogP contribution in [0.1, 0.15) is 15.9 Å². The number of nitrogens with one attached hydrogen (secondary N) is 3. The number of carbonyl (C=O) groups excluding carboxylic acids is 2. The van der Waals surface area contributed by atoms with E-state index in [9.17, 15) is 22.8 Å². The Kier molecular flexibility index (Phi) is 7.06. The molecule has 2 aromatic rings. The molecule has 0 radical (unpaired) electrons. The van der Waals surface area contributed by atoms with E-state index < -0.39 is 17.6 Å². The van der Waals surface area contributed by atoms with Gasteiger partial charge in [0, 0.05) is 12.2 Å². The number of hydrogen-bond donors (Lipinski definition) is 3. The fourth-order valence-corrected chi connectivity index (χ4v) is 2.43. The van der Waals surface area contributed by atoms with Crippen LogP contribution < -0.4 is 16.0 Å². The lowest BCUT2D eigenvalue weighted by molar-refractivity contribution is -0.137. The molecule has 2 amide bonds. The van der Waals surface area contributed by atoms with Crippen LogP contribution in [-0.2, 0) is 11.0 Å². The molecular formula is C19H17ClF3N3O2. The first-order chi connectivity index (χ1) is 13.2. The Hall–Kier alpha value is -3.00. The standard InChI is InChI=1S/C19H17ClF3N3O2/c1-2-9-24-18(28)13-5-3-4-6-15(13)25-11-17(27)26-16-10-12(19(21,22)23)7-8-14(16)20/h2-8,10,25H,1,9,11H2,(H,24,28)(H,26,27). The summed E-state index contributed by atoms with van der Waals surface area (Å²) in [6.07, 6.45) is -3.03. The van der Waals surface area contributed by atoms with Crippen molar-refractivity contribution in [3.8, 4) is 0 Å². The maximum atomic E-state index is 12.8. The molecule has 2 rings (SSSR count). The van der Waals surface area contributed by atoms with Crippen molar-refractivity contribution in [2.24, 2.45) is 0 Å². The molecule has 0 saturated heterocycles. The fraction of sp³-hybridized carbons (Fsp3) is 0.158. The molecule has 0 unspecified atom stereocenters. The summed E-state index contributed by atoms with van der Waals surface area (Å²) in [4.78, 5) is 24.2. The molecule has 2 aromatic carbocycles. The monoisotopic (exact) mass is 411 g/mol. The number of rotatable bonds is 7. The number of para-hydroxylation sites is 1. The number of benzene rings is 2. The van der Waals surface area contributed by atoms with Gasteiger partial charge in [0.2, 0.25) is 5.91 Å². The maximum Gasteiger partial charge on any atom is 0.416 e. The Bertz CT molecular complexity index is 885. The van der Waals surface area contributed by atoms with Crippen molar-refractivity contribution in [3.63, 3.8) is 0 Å². The second-order valence-corrected chi connectivity index (χ2v) is 6.05. The zero-order valence-corrected chi connectivity index (χ0v) is 15.3. The van der Waals surface area contributed by atoms with Crippen molar-refractivity contribution < 1.29 is 22.8 Å². The second-order valence-electron chi connectivity index (χ2n) is 5.64. The van der Waals surface area contributed by atoms with Gasteiger partial charge in [-0.2, -0.15) is 13.2 Å². The summed E-state index contributed by atoms with van der Waals surface area (Å²) in [5.41, 5.74) is -0.367. The summed E-state index contributed by atoms with van der Waals surface area (Å²) < 4.78 is 38.4. The minimum atomic E-state index is -4.56. The van der Waals surface area contributed by atoms with Crippen LogP contribution in [0.2, 0.25) is 5.02 Å². The average Bonchev–Trinajstić information content (AvgIpc) is 2.65. The molecule has 3 N–H and O–H groups in total. The highest BCUT2D eigenvalue weighted by atomic mass is 35.5. The summed E-state index contributed by atoms with van der Waals surface area (Å²) in [5, 5.41) is 7.72. The van der Waals surface area contributed by atoms with E-state index in [-0.39, 0.29) is 29.7 Å². The van der Waals surface area contributed by atoms with Gasteiger partial charge in [0.1, 0.15) is 0 Å².